The minimum atomic E-state index is -0.227. The molecule has 1 heterocycles. The van der Waals surface area contributed by atoms with E-state index in [9.17, 15) is 15.3 Å². The standard InChI is InChI=1S/C20H18N4O2S/c1-26-13-8-6-12(7-9-13)18-14(10-21)19(23)24-20(15(18)11-22)27-17-5-3-2-4-16(17)25/h6-9,17H,2-5H2,1H3,(H2,23,24). The molecule has 136 valence electrons. The number of ketones is 1. The van der Waals surface area contributed by atoms with Crippen LogP contribution in [0.3, 0.4) is 0 Å². The molecule has 0 radical (unpaired) electrons. The first-order valence-corrected chi connectivity index (χ1v) is 9.44. The third-order valence-electron chi connectivity index (χ3n) is 4.55. The number of Topliss-reactive ketones (excluding diaryl/α,β-unsaturated/α-hetero) is 1. The van der Waals surface area contributed by atoms with Gasteiger partial charge in [0.2, 0.25) is 0 Å². The number of hydrogen-bond acceptors (Lipinski definition) is 7. The average Bonchev–Trinajstić information content (AvgIpc) is 2.69. The predicted octanol–water partition coefficient (Wildman–Crippen LogP) is 3.69. The molecule has 3 rings (SSSR count). The quantitative estimate of drug-likeness (QED) is 0.863. The fourth-order valence-electron chi connectivity index (χ4n) is 3.14. The van der Waals surface area contributed by atoms with Crippen LogP contribution in [0.4, 0.5) is 5.82 Å². The Kier molecular flexibility index (Phi) is 5.63. The van der Waals surface area contributed by atoms with E-state index in [0.717, 1.165) is 19.3 Å². The lowest BCUT2D eigenvalue weighted by molar-refractivity contribution is -0.119. The van der Waals surface area contributed by atoms with Crippen molar-refractivity contribution in [2.75, 3.05) is 12.8 Å². The lowest BCUT2D eigenvalue weighted by Crippen LogP contribution is -2.21. The molecule has 0 bridgehead atoms. The highest BCUT2D eigenvalue weighted by Crippen LogP contribution is 2.39. The fourth-order valence-corrected chi connectivity index (χ4v) is 4.36. The Balaban J connectivity index is 2.13. The Morgan fingerprint density at radius 3 is 2.48 bits per heavy atom. The number of nitrogens with two attached hydrogens (primary N) is 1. The van der Waals surface area contributed by atoms with Crippen LogP contribution in [0.2, 0.25) is 0 Å². The fraction of sp³-hybridized carbons (Fsp3) is 0.300. The topological polar surface area (TPSA) is 113 Å². The second-order valence-electron chi connectivity index (χ2n) is 6.20. The molecular formula is C20H18N4O2S. The van der Waals surface area contributed by atoms with E-state index in [4.69, 9.17) is 10.5 Å². The molecule has 0 spiro atoms. The number of carbonyl (C=O) groups excluding carboxylic acids is 1. The summed E-state index contributed by atoms with van der Waals surface area (Å²) < 4.78 is 5.17. The number of pyridine rings is 1. The van der Waals surface area contributed by atoms with Crippen LogP contribution in [-0.2, 0) is 4.79 Å². The average molecular weight is 378 g/mol. The summed E-state index contributed by atoms with van der Waals surface area (Å²) in [6.45, 7) is 0. The second-order valence-corrected chi connectivity index (χ2v) is 7.39. The Labute approximate surface area is 162 Å². The van der Waals surface area contributed by atoms with Crippen LogP contribution in [0.1, 0.15) is 36.8 Å². The number of benzene rings is 1. The SMILES string of the molecule is COc1ccc(-c2c(C#N)c(N)nc(SC3CCCCC3=O)c2C#N)cc1. The van der Waals surface area contributed by atoms with Gasteiger partial charge in [-0.1, -0.05) is 30.3 Å². The van der Waals surface area contributed by atoms with Crippen molar-refractivity contribution in [3.8, 4) is 29.0 Å². The first-order chi connectivity index (χ1) is 13.1. The monoisotopic (exact) mass is 378 g/mol. The van der Waals surface area contributed by atoms with Gasteiger partial charge in [0, 0.05) is 12.0 Å². The zero-order valence-corrected chi connectivity index (χ0v) is 15.7. The van der Waals surface area contributed by atoms with Gasteiger partial charge in [0.05, 0.1) is 17.9 Å². The highest BCUT2D eigenvalue weighted by molar-refractivity contribution is 8.00. The molecule has 27 heavy (non-hydrogen) atoms. The maximum atomic E-state index is 12.2. The molecule has 1 atom stereocenters. The van der Waals surface area contributed by atoms with Crippen LogP contribution in [0, 0.1) is 22.7 Å². The van der Waals surface area contributed by atoms with Gasteiger partial charge in [-0.2, -0.15) is 10.5 Å². The first kappa shape index (κ1) is 18.8. The van der Waals surface area contributed by atoms with Crippen molar-refractivity contribution in [2.24, 2.45) is 0 Å². The van der Waals surface area contributed by atoms with Crippen LogP contribution >= 0.6 is 11.8 Å². The van der Waals surface area contributed by atoms with E-state index in [1.54, 1.807) is 31.4 Å². The Morgan fingerprint density at radius 2 is 1.89 bits per heavy atom. The number of hydrogen-bond donors (Lipinski definition) is 1. The molecule has 6 nitrogen and oxygen atoms in total. The molecule has 1 saturated carbocycles. The van der Waals surface area contributed by atoms with Gasteiger partial charge in [0.15, 0.2) is 0 Å². The largest absolute Gasteiger partial charge is 0.497 e. The molecular weight excluding hydrogens is 360 g/mol. The Morgan fingerprint density at radius 1 is 1.19 bits per heavy atom. The molecule has 0 amide bonds. The molecule has 2 N–H and O–H groups in total. The number of thioether (sulfide) groups is 1. The van der Waals surface area contributed by atoms with Gasteiger partial charge in [-0.15, -0.1) is 0 Å². The summed E-state index contributed by atoms with van der Waals surface area (Å²) in [6, 6.07) is 11.3. The maximum Gasteiger partial charge on any atom is 0.146 e. The number of carbonyl (C=O) groups is 1. The van der Waals surface area contributed by atoms with Gasteiger partial charge in [-0.3, -0.25) is 4.79 Å². The van der Waals surface area contributed by atoms with E-state index in [1.807, 2.05) is 0 Å². The lowest BCUT2D eigenvalue weighted by atomic mass is 9.97. The van der Waals surface area contributed by atoms with Crippen molar-refractivity contribution in [3.63, 3.8) is 0 Å². The molecule has 0 aliphatic heterocycles. The number of nitrogen functional groups attached to an aromatic ring is 1. The molecule has 1 aliphatic rings. The smallest absolute Gasteiger partial charge is 0.146 e. The first-order valence-electron chi connectivity index (χ1n) is 8.56. The van der Waals surface area contributed by atoms with Crippen LogP contribution in [0.5, 0.6) is 5.75 Å². The number of ether oxygens (including phenoxy) is 1. The van der Waals surface area contributed by atoms with E-state index in [0.29, 0.717) is 28.3 Å². The predicted molar refractivity (Wildman–Crippen MR) is 103 cm³/mol. The number of nitrogens with zero attached hydrogens (tertiary/aromatic N) is 3. The molecule has 7 heteroatoms. The summed E-state index contributed by atoms with van der Waals surface area (Å²) in [6.07, 6.45) is 3.19. The van der Waals surface area contributed by atoms with Crippen molar-refractivity contribution < 1.29 is 9.53 Å². The number of anilines is 1. The number of nitriles is 2. The van der Waals surface area contributed by atoms with Crippen molar-refractivity contribution in [1.82, 2.24) is 4.98 Å². The Bertz CT molecular complexity index is 958. The van der Waals surface area contributed by atoms with Crippen LogP contribution in [0.15, 0.2) is 29.3 Å². The summed E-state index contributed by atoms with van der Waals surface area (Å²) in [5.74, 6) is 0.902. The van der Waals surface area contributed by atoms with Gasteiger partial charge >= 0.3 is 0 Å². The molecule has 1 aromatic heterocycles. The third-order valence-corrected chi connectivity index (χ3v) is 5.85. The van der Waals surface area contributed by atoms with Crippen LogP contribution < -0.4 is 10.5 Å². The van der Waals surface area contributed by atoms with E-state index >= 15 is 0 Å². The number of aromatic nitrogens is 1. The summed E-state index contributed by atoms with van der Waals surface area (Å²) in [5, 5.41) is 19.6. The Hall–Kier alpha value is -3.03. The normalized spacial score (nSPS) is 16.4. The molecule has 1 unspecified atom stereocenters. The van der Waals surface area contributed by atoms with E-state index < -0.39 is 0 Å². The van der Waals surface area contributed by atoms with Gasteiger partial charge in [-0.25, -0.2) is 4.98 Å². The van der Waals surface area contributed by atoms with E-state index in [2.05, 4.69) is 17.1 Å². The summed E-state index contributed by atoms with van der Waals surface area (Å²) in [4.78, 5) is 16.5. The van der Waals surface area contributed by atoms with E-state index in [1.165, 1.54) is 11.8 Å². The van der Waals surface area contributed by atoms with Crippen molar-refractivity contribution in [3.05, 3.63) is 35.4 Å². The highest BCUT2D eigenvalue weighted by atomic mass is 32.2. The van der Waals surface area contributed by atoms with Gasteiger partial charge in [0.25, 0.3) is 0 Å². The molecule has 1 aliphatic carbocycles. The van der Waals surface area contributed by atoms with E-state index in [-0.39, 0.29) is 28.0 Å². The molecule has 2 aromatic rings. The van der Waals surface area contributed by atoms with Gasteiger partial charge in [0.1, 0.15) is 40.1 Å². The zero-order chi connectivity index (χ0) is 19.4. The second kappa shape index (κ2) is 8.11. The van der Waals surface area contributed by atoms with Crippen molar-refractivity contribution >= 4 is 23.4 Å². The number of methoxy groups -OCH3 is 1. The molecule has 1 aromatic carbocycles. The minimum absolute atomic E-state index is 0.0630. The highest BCUT2D eigenvalue weighted by Gasteiger charge is 2.27. The number of rotatable bonds is 4. The van der Waals surface area contributed by atoms with Crippen molar-refractivity contribution in [1.29, 1.82) is 10.5 Å². The third kappa shape index (κ3) is 3.74. The lowest BCUT2D eigenvalue weighted by Gasteiger charge is -2.21. The zero-order valence-electron chi connectivity index (χ0n) is 14.9. The van der Waals surface area contributed by atoms with Crippen LogP contribution in [0.25, 0.3) is 11.1 Å². The summed E-state index contributed by atoms with van der Waals surface area (Å²) in [5.41, 5.74) is 7.58. The van der Waals surface area contributed by atoms with Crippen LogP contribution in [-0.4, -0.2) is 23.1 Å². The summed E-state index contributed by atoms with van der Waals surface area (Å²) in [7, 11) is 1.57. The maximum absolute atomic E-state index is 12.2. The molecule has 1 fully saturated rings. The summed E-state index contributed by atoms with van der Waals surface area (Å²) >= 11 is 1.28. The van der Waals surface area contributed by atoms with Crippen molar-refractivity contribution in [2.45, 2.75) is 36.0 Å². The van der Waals surface area contributed by atoms with Gasteiger partial charge in [-0.05, 0) is 30.5 Å². The van der Waals surface area contributed by atoms with Gasteiger partial charge < -0.3 is 10.5 Å². The molecule has 0 saturated heterocycles. The minimum Gasteiger partial charge on any atom is -0.497 e.